The normalized spacial score (nSPS) is 12.2. The van der Waals surface area contributed by atoms with Crippen LogP contribution in [0.4, 0.5) is 0 Å². The zero-order chi connectivity index (χ0) is 14.5. The number of H-pyrrole nitrogens is 1. The number of carbonyl (C=O) groups is 1. The summed E-state index contributed by atoms with van der Waals surface area (Å²) in [4.78, 5) is 14.9. The maximum absolute atomic E-state index is 11.7. The van der Waals surface area contributed by atoms with Gasteiger partial charge in [0.25, 0.3) is 0 Å². The number of amides is 1. The van der Waals surface area contributed by atoms with Crippen LogP contribution >= 0.6 is 0 Å². The Morgan fingerprint density at radius 1 is 1.20 bits per heavy atom. The molecule has 4 nitrogen and oxygen atoms in total. The first-order valence-electron chi connectivity index (χ1n) is 6.45. The molecule has 1 heterocycles. The predicted molar refractivity (Wildman–Crippen MR) is 79.6 cm³/mol. The van der Waals surface area contributed by atoms with Crippen LogP contribution < -0.4 is 5.73 Å². The zero-order valence-corrected chi connectivity index (χ0v) is 11.4. The van der Waals surface area contributed by atoms with Crippen LogP contribution in [-0.2, 0) is 5.60 Å². The van der Waals surface area contributed by atoms with Crippen molar-refractivity contribution in [2.24, 2.45) is 5.73 Å². The van der Waals surface area contributed by atoms with E-state index in [2.05, 4.69) is 4.98 Å². The summed E-state index contributed by atoms with van der Waals surface area (Å²) in [6.07, 6.45) is 0. The molecule has 0 aliphatic rings. The van der Waals surface area contributed by atoms with Gasteiger partial charge in [-0.15, -0.1) is 0 Å². The minimum atomic E-state index is -1.00. The van der Waals surface area contributed by atoms with Crippen molar-refractivity contribution < 1.29 is 9.90 Å². The fourth-order valence-corrected chi connectivity index (χ4v) is 2.67. The topological polar surface area (TPSA) is 79.1 Å². The van der Waals surface area contributed by atoms with Gasteiger partial charge >= 0.3 is 0 Å². The molecular weight excluding hydrogens is 252 g/mol. The summed E-state index contributed by atoms with van der Waals surface area (Å²) in [5.74, 6) is -0.470. The molecule has 4 N–H and O–H groups in total. The zero-order valence-electron chi connectivity index (χ0n) is 11.4. The monoisotopic (exact) mass is 268 g/mol. The number of rotatable bonds is 2. The molecule has 4 heteroatoms. The van der Waals surface area contributed by atoms with Crippen LogP contribution in [0.5, 0.6) is 0 Å². The molecule has 20 heavy (non-hydrogen) atoms. The first-order valence-corrected chi connectivity index (χ1v) is 6.45. The quantitative estimate of drug-likeness (QED) is 0.668. The summed E-state index contributed by atoms with van der Waals surface area (Å²) in [6.45, 7) is 3.44. The van der Waals surface area contributed by atoms with Gasteiger partial charge in [-0.1, -0.05) is 24.3 Å². The van der Waals surface area contributed by atoms with Crippen molar-refractivity contribution in [2.45, 2.75) is 19.4 Å². The molecule has 0 unspecified atom stereocenters. The van der Waals surface area contributed by atoms with E-state index in [-0.39, 0.29) is 0 Å². The Morgan fingerprint density at radius 2 is 1.90 bits per heavy atom. The van der Waals surface area contributed by atoms with Crippen molar-refractivity contribution in [2.75, 3.05) is 0 Å². The van der Waals surface area contributed by atoms with Crippen molar-refractivity contribution >= 4 is 27.7 Å². The van der Waals surface area contributed by atoms with Gasteiger partial charge in [0.1, 0.15) is 0 Å². The molecule has 1 aromatic heterocycles. The second-order valence-corrected chi connectivity index (χ2v) is 5.50. The van der Waals surface area contributed by atoms with Gasteiger partial charge in [0, 0.05) is 27.4 Å². The van der Waals surface area contributed by atoms with Crippen molar-refractivity contribution in [1.29, 1.82) is 0 Å². The Kier molecular flexibility index (Phi) is 2.59. The fourth-order valence-electron chi connectivity index (χ4n) is 2.67. The standard InChI is InChI=1S/C16H16N2O2/c1-16(2,20)11-8-7-10(15(17)19)13-9-5-3-4-6-12(9)18-14(11)13/h3-8,18,20H,1-2H3,(H2,17,19). The summed E-state index contributed by atoms with van der Waals surface area (Å²) in [7, 11) is 0. The Bertz CT molecular complexity index is 825. The number of nitrogens with one attached hydrogen (secondary N) is 1. The lowest BCUT2D eigenvalue weighted by atomic mass is 9.93. The maximum Gasteiger partial charge on any atom is 0.249 e. The molecule has 2 aromatic carbocycles. The first-order chi connectivity index (χ1) is 9.39. The highest BCUT2D eigenvalue weighted by atomic mass is 16.3. The van der Waals surface area contributed by atoms with Crippen LogP contribution in [-0.4, -0.2) is 16.0 Å². The van der Waals surface area contributed by atoms with Crippen molar-refractivity contribution in [3.8, 4) is 0 Å². The molecule has 0 bridgehead atoms. The van der Waals surface area contributed by atoms with E-state index in [0.29, 0.717) is 5.56 Å². The summed E-state index contributed by atoms with van der Waals surface area (Å²) < 4.78 is 0. The smallest absolute Gasteiger partial charge is 0.249 e. The second kappa shape index (κ2) is 4.08. The minimum Gasteiger partial charge on any atom is -0.386 e. The van der Waals surface area contributed by atoms with Crippen LogP contribution in [0.25, 0.3) is 21.8 Å². The van der Waals surface area contributed by atoms with E-state index in [1.807, 2.05) is 24.3 Å². The summed E-state index contributed by atoms with van der Waals surface area (Å²) in [5.41, 5.74) is 7.35. The Balaban J connectivity index is 2.55. The van der Waals surface area contributed by atoms with Gasteiger partial charge in [0.15, 0.2) is 0 Å². The molecule has 3 aromatic rings. The first kappa shape index (κ1) is 12.7. The number of carbonyl (C=O) groups excluding carboxylic acids is 1. The van der Waals surface area contributed by atoms with Crippen molar-refractivity contribution in [1.82, 2.24) is 4.98 Å². The van der Waals surface area contributed by atoms with Gasteiger partial charge in [0.2, 0.25) is 5.91 Å². The van der Waals surface area contributed by atoms with Crippen LogP contribution in [0.3, 0.4) is 0 Å². The van der Waals surface area contributed by atoms with E-state index in [9.17, 15) is 9.90 Å². The number of aromatic nitrogens is 1. The van der Waals surface area contributed by atoms with Gasteiger partial charge in [0.05, 0.1) is 11.1 Å². The van der Waals surface area contributed by atoms with Crippen LogP contribution in [0.15, 0.2) is 36.4 Å². The molecule has 3 rings (SSSR count). The summed E-state index contributed by atoms with van der Waals surface area (Å²) >= 11 is 0. The minimum absolute atomic E-state index is 0.463. The molecule has 0 fully saturated rings. The molecule has 0 aliphatic heterocycles. The third kappa shape index (κ3) is 1.77. The van der Waals surface area contributed by atoms with Crippen LogP contribution in [0, 0.1) is 0 Å². The third-order valence-electron chi connectivity index (χ3n) is 3.59. The van der Waals surface area contributed by atoms with E-state index < -0.39 is 11.5 Å². The van der Waals surface area contributed by atoms with Gasteiger partial charge < -0.3 is 15.8 Å². The molecule has 0 atom stereocenters. The number of benzene rings is 2. The maximum atomic E-state index is 11.7. The fraction of sp³-hybridized carbons (Fsp3) is 0.188. The lowest BCUT2D eigenvalue weighted by Crippen LogP contribution is -2.18. The van der Waals surface area contributed by atoms with Gasteiger partial charge in [-0.05, 0) is 26.0 Å². The Morgan fingerprint density at radius 3 is 2.55 bits per heavy atom. The highest BCUT2D eigenvalue weighted by Crippen LogP contribution is 2.34. The number of aromatic amines is 1. The average molecular weight is 268 g/mol. The third-order valence-corrected chi connectivity index (χ3v) is 3.59. The van der Waals surface area contributed by atoms with E-state index in [1.165, 1.54) is 0 Å². The second-order valence-electron chi connectivity index (χ2n) is 5.50. The van der Waals surface area contributed by atoms with Crippen LogP contribution in [0.1, 0.15) is 29.8 Å². The number of hydrogen-bond donors (Lipinski definition) is 3. The van der Waals surface area contributed by atoms with Crippen molar-refractivity contribution in [3.63, 3.8) is 0 Å². The number of nitrogens with two attached hydrogens (primary N) is 1. The lowest BCUT2D eigenvalue weighted by molar-refractivity contribution is 0.0799. The van der Waals surface area contributed by atoms with Gasteiger partial charge in [-0.25, -0.2) is 0 Å². The largest absolute Gasteiger partial charge is 0.386 e. The van der Waals surface area contributed by atoms with Crippen LogP contribution in [0.2, 0.25) is 0 Å². The molecule has 1 amide bonds. The molecule has 0 saturated heterocycles. The number of fused-ring (bicyclic) bond motifs is 3. The molecule has 0 saturated carbocycles. The van der Waals surface area contributed by atoms with E-state index in [1.54, 1.807) is 26.0 Å². The lowest BCUT2D eigenvalue weighted by Gasteiger charge is -2.19. The molecule has 102 valence electrons. The highest BCUT2D eigenvalue weighted by molar-refractivity contribution is 6.18. The molecule has 0 spiro atoms. The van der Waals surface area contributed by atoms with E-state index in [4.69, 9.17) is 5.73 Å². The molecule has 0 aliphatic carbocycles. The Hall–Kier alpha value is -2.33. The van der Waals surface area contributed by atoms with Gasteiger partial charge in [-0.3, -0.25) is 4.79 Å². The summed E-state index contributed by atoms with van der Waals surface area (Å²) in [6, 6.07) is 11.1. The Labute approximate surface area is 116 Å². The average Bonchev–Trinajstić information content (AvgIpc) is 2.75. The van der Waals surface area contributed by atoms with Gasteiger partial charge in [-0.2, -0.15) is 0 Å². The highest BCUT2D eigenvalue weighted by Gasteiger charge is 2.23. The number of hydrogen-bond acceptors (Lipinski definition) is 2. The number of para-hydroxylation sites is 1. The predicted octanol–water partition coefficient (Wildman–Crippen LogP) is 2.65. The number of primary amides is 1. The van der Waals surface area contributed by atoms with Crippen molar-refractivity contribution in [3.05, 3.63) is 47.5 Å². The summed E-state index contributed by atoms with van der Waals surface area (Å²) in [5, 5.41) is 12.0. The molecular formula is C16H16N2O2. The number of aliphatic hydroxyl groups is 1. The molecule has 0 radical (unpaired) electrons. The van der Waals surface area contributed by atoms with E-state index in [0.717, 1.165) is 27.4 Å². The SMILES string of the molecule is CC(C)(O)c1ccc(C(N)=O)c2c1[nH]c1ccccc12. The van der Waals surface area contributed by atoms with E-state index >= 15 is 0 Å².